The van der Waals surface area contributed by atoms with Gasteiger partial charge in [-0.05, 0) is 32.9 Å². The van der Waals surface area contributed by atoms with Crippen molar-refractivity contribution in [2.45, 2.75) is 36.6 Å². The van der Waals surface area contributed by atoms with Gasteiger partial charge in [-0.25, -0.2) is 0 Å². The first-order valence-electron chi connectivity index (χ1n) is 6.33. The van der Waals surface area contributed by atoms with Crippen molar-refractivity contribution >= 4 is 29.3 Å². The molecule has 1 unspecified atom stereocenters. The molecule has 0 aromatic heterocycles. The molecule has 1 aliphatic rings. The molecule has 0 saturated heterocycles. The summed E-state index contributed by atoms with van der Waals surface area (Å²) in [6.07, 6.45) is 0. The fourth-order valence-corrected chi connectivity index (χ4v) is 2.92. The number of nitrogens with one attached hydrogen (secondary N) is 1. The summed E-state index contributed by atoms with van der Waals surface area (Å²) >= 11 is 1.29. The second-order valence-corrected chi connectivity index (χ2v) is 6.80. The highest BCUT2D eigenvalue weighted by Gasteiger charge is 2.39. The van der Waals surface area contributed by atoms with Gasteiger partial charge in [-0.15, -0.1) is 11.8 Å². The molecule has 2 atom stereocenters. The monoisotopic (exact) mass is 294 g/mol. The van der Waals surface area contributed by atoms with Gasteiger partial charge in [0.2, 0.25) is 5.91 Å². The molecule has 6 heteroatoms. The summed E-state index contributed by atoms with van der Waals surface area (Å²) in [5, 5.41) is 2.06. The van der Waals surface area contributed by atoms with Crippen LogP contribution in [0.15, 0.2) is 29.2 Å². The summed E-state index contributed by atoms with van der Waals surface area (Å²) in [7, 11) is 0. The van der Waals surface area contributed by atoms with Crippen LogP contribution in [-0.4, -0.2) is 22.9 Å². The van der Waals surface area contributed by atoms with Gasteiger partial charge in [0.25, 0.3) is 0 Å². The second-order valence-electron chi connectivity index (χ2n) is 5.58. The molecule has 0 spiro atoms. The van der Waals surface area contributed by atoms with E-state index in [2.05, 4.69) is 5.32 Å². The van der Waals surface area contributed by atoms with Crippen LogP contribution in [-0.2, 0) is 14.3 Å². The largest absolute Gasteiger partial charge is 0.459 e. The van der Waals surface area contributed by atoms with Crippen molar-refractivity contribution in [3.63, 3.8) is 0 Å². The summed E-state index contributed by atoms with van der Waals surface area (Å²) in [6, 6.07) is 7.32. The molecular formula is C14H18N2O3S. The molecular weight excluding hydrogens is 276 g/mol. The van der Waals surface area contributed by atoms with Crippen LogP contribution in [0.2, 0.25) is 0 Å². The summed E-state index contributed by atoms with van der Waals surface area (Å²) in [6.45, 7) is 5.27. The Morgan fingerprint density at radius 2 is 2.00 bits per heavy atom. The Kier molecular flexibility index (Phi) is 4.06. The molecule has 0 aliphatic carbocycles. The first-order valence-corrected chi connectivity index (χ1v) is 7.21. The quantitative estimate of drug-likeness (QED) is 0.611. The lowest BCUT2D eigenvalue weighted by molar-refractivity contribution is -0.161. The van der Waals surface area contributed by atoms with Gasteiger partial charge >= 0.3 is 5.97 Å². The lowest BCUT2D eigenvalue weighted by Crippen LogP contribution is -2.43. The molecule has 108 valence electrons. The van der Waals surface area contributed by atoms with E-state index in [4.69, 9.17) is 10.5 Å². The lowest BCUT2D eigenvalue weighted by Gasteiger charge is -2.24. The van der Waals surface area contributed by atoms with Crippen LogP contribution in [0.25, 0.3) is 0 Å². The van der Waals surface area contributed by atoms with Gasteiger partial charge in [-0.2, -0.15) is 0 Å². The number of hydrogen-bond donors (Lipinski definition) is 2. The topological polar surface area (TPSA) is 81.4 Å². The van der Waals surface area contributed by atoms with Crippen molar-refractivity contribution in [2.75, 3.05) is 5.32 Å². The first-order chi connectivity index (χ1) is 9.28. The Morgan fingerprint density at radius 3 is 2.65 bits per heavy atom. The number of fused-ring (bicyclic) bond motifs is 1. The van der Waals surface area contributed by atoms with E-state index in [1.165, 1.54) is 11.8 Å². The van der Waals surface area contributed by atoms with E-state index in [0.717, 1.165) is 4.90 Å². The van der Waals surface area contributed by atoms with Gasteiger partial charge in [-0.3, -0.25) is 9.59 Å². The smallest absolute Gasteiger partial charge is 0.321 e. The van der Waals surface area contributed by atoms with E-state index in [1.54, 1.807) is 26.8 Å². The predicted molar refractivity (Wildman–Crippen MR) is 78.2 cm³/mol. The summed E-state index contributed by atoms with van der Waals surface area (Å²) in [5.41, 5.74) is 6.02. The van der Waals surface area contributed by atoms with E-state index < -0.39 is 28.8 Å². The molecule has 1 aromatic rings. The average molecular weight is 294 g/mol. The Morgan fingerprint density at radius 1 is 1.35 bits per heavy atom. The van der Waals surface area contributed by atoms with Gasteiger partial charge in [0.15, 0.2) is 5.92 Å². The van der Waals surface area contributed by atoms with E-state index in [1.807, 2.05) is 18.2 Å². The molecule has 0 fully saturated rings. The van der Waals surface area contributed by atoms with Crippen LogP contribution in [0.3, 0.4) is 0 Å². The first kappa shape index (κ1) is 14.9. The second kappa shape index (κ2) is 5.46. The van der Waals surface area contributed by atoms with Crippen LogP contribution >= 0.6 is 11.8 Å². The van der Waals surface area contributed by atoms with Crippen molar-refractivity contribution in [3.8, 4) is 0 Å². The third kappa shape index (κ3) is 3.32. The molecule has 2 rings (SSSR count). The third-order valence-electron chi connectivity index (χ3n) is 2.68. The maximum atomic E-state index is 12.2. The normalized spacial score (nSPS) is 22.5. The standard InChI is InChI=1S/C14H18N2O3S/c1-14(2,3)19-13(18)10-11(15)20-9-7-5-4-6-8(9)16-12(10)17/h4-7,10-11H,15H2,1-3H3,(H,16,17)/t10-,11?/m1/s1. The number of thioether (sulfide) groups is 1. The van der Waals surface area contributed by atoms with Crippen LogP contribution < -0.4 is 11.1 Å². The van der Waals surface area contributed by atoms with Crippen LogP contribution in [0.5, 0.6) is 0 Å². The third-order valence-corrected chi connectivity index (χ3v) is 3.83. The maximum Gasteiger partial charge on any atom is 0.321 e. The number of carbonyl (C=O) groups is 2. The van der Waals surface area contributed by atoms with E-state index in [0.29, 0.717) is 5.69 Å². The minimum absolute atomic E-state index is 0.427. The molecule has 1 aromatic carbocycles. The number of ether oxygens (including phenoxy) is 1. The molecule has 1 aliphatic heterocycles. The minimum Gasteiger partial charge on any atom is -0.459 e. The number of nitrogens with two attached hydrogens (primary N) is 1. The maximum absolute atomic E-state index is 12.2. The highest BCUT2D eigenvalue weighted by molar-refractivity contribution is 8.00. The molecule has 0 bridgehead atoms. The fraction of sp³-hybridized carbons (Fsp3) is 0.429. The van der Waals surface area contributed by atoms with Crippen molar-refractivity contribution < 1.29 is 14.3 Å². The van der Waals surface area contributed by atoms with Crippen molar-refractivity contribution in [1.82, 2.24) is 0 Å². The van der Waals surface area contributed by atoms with E-state index in [9.17, 15) is 9.59 Å². The van der Waals surface area contributed by atoms with Crippen molar-refractivity contribution in [3.05, 3.63) is 24.3 Å². The summed E-state index contributed by atoms with van der Waals surface area (Å²) < 4.78 is 5.28. The Balaban J connectivity index is 2.25. The minimum atomic E-state index is -1.02. The highest BCUT2D eigenvalue weighted by Crippen LogP contribution is 2.35. The molecule has 0 radical (unpaired) electrons. The Bertz CT molecular complexity index is 539. The molecule has 5 nitrogen and oxygen atoms in total. The van der Waals surface area contributed by atoms with Crippen molar-refractivity contribution in [2.24, 2.45) is 11.7 Å². The molecule has 3 N–H and O–H groups in total. The van der Waals surface area contributed by atoms with Crippen LogP contribution in [0.1, 0.15) is 20.8 Å². The van der Waals surface area contributed by atoms with Gasteiger partial charge in [-0.1, -0.05) is 12.1 Å². The Labute approximate surface area is 122 Å². The van der Waals surface area contributed by atoms with Gasteiger partial charge in [0.1, 0.15) is 5.60 Å². The number of carbonyl (C=O) groups excluding carboxylic acids is 2. The number of benzene rings is 1. The molecule has 1 amide bonds. The average Bonchev–Trinajstić information content (AvgIpc) is 2.41. The lowest BCUT2D eigenvalue weighted by atomic mass is 10.1. The van der Waals surface area contributed by atoms with Crippen LogP contribution in [0.4, 0.5) is 5.69 Å². The molecule has 1 heterocycles. The van der Waals surface area contributed by atoms with Gasteiger partial charge in [0, 0.05) is 4.90 Å². The summed E-state index contributed by atoms with van der Waals surface area (Å²) in [5.74, 6) is -2.04. The van der Waals surface area contributed by atoms with Gasteiger partial charge < -0.3 is 15.8 Å². The molecule has 0 saturated carbocycles. The SMILES string of the molecule is CC(C)(C)OC(=O)[C@H]1C(=O)Nc2ccccc2SC1N. The number of amides is 1. The fourth-order valence-electron chi connectivity index (χ4n) is 1.85. The zero-order chi connectivity index (χ0) is 14.9. The zero-order valence-corrected chi connectivity index (χ0v) is 12.5. The Hall–Kier alpha value is -1.53. The van der Waals surface area contributed by atoms with Crippen molar-refractivity contribution in [1.29, 1.82) is 0 Å². The highest BCUT2D eigenvalue weighted by atomic mass is 32.2. The number of hydrogen-bond acceptors (Lipinski definition) is 5. The van der Waals surface area contributed by atoms with Crippen LogP contribution in [0, 0.1) is 5.92 Å². The summed E-state index contributed by atoms with van der Waals surface area (Å²) in [4.78, 5) is 25.2. The number of esters is 1. The van der Waals surface area contributed by atoms with Gasteiger partial charge in [0.05, 0.1) is 11.1 Å². The predicted octanol–water partition coefficient (Wildman–Crippen LogP) is 1.97. The number of para-hydroxylation sites is 1. The van der Waals surface area contributed by atoms with E-state index >= 15 is 0 Å². The number of anilines is 1. The molecule has 20 heavy (non-hydrogen) atoms. The number of rotatable bonds is 1. The van der Waals surface area contributed by atoms with E-state index in [-0.39, 0.29) is 0 Å². The zero-order valence-electron chi connectivity index (χ0n) is 11.7.